The van der Waals surface area contributed by atoms with Gasteiger partial charge >= 0.3 is 6.09 Å². The van der Waals surface area contributed by atoms with Gasteiger partial charge in [-0.05, 0) is 46.5 Å². The maximum absolute atomic E-state index is 12.2. The van der Waals surface area contributed by atoms with Gasteiger partial charge in [-0.25, -0.2) is 9.78 Å². The average molecular weight is 441 g/mol. The topological polar surface area (TPSA) is 102 Å². The summed E-state index contributed by atoms with van der Waals surface area (Å²) in [5.74, 6) is 1.07. The fourth-order valence-corrected chi connectivity index (χ4v) is 4.50. The molecule has 3 heterocycles. The highest BCUT2D eigenvalue weighted by Crippen LogP contribution is 2.28. The third-order valence-electron chi connectivity index (χ3n) is 5.30. The van der Waals surface area contributed by atoms with Gasteiger partial charge in [0.15, 0.2) is 0 Å². The minimum Gasteiger partial charge on any atom is -0.444 e. The lowest BCUT2D eigenvalue weighted by atomic mass is 9.94. The van der Waals surface area contributed by atoms with Crippen LogP contribution in [0, 0.1) is 0 Å². The zero-order chi connectivity index (χ0) is 21.9. The summed E-state index contributed by atoms with van der Waals surface area (Å²) in [7, 11) is -3.42. The largest absolute Gasteiger partial charge is 0.444 e. The molecule has 0 bridgehead atoms. The Kier molecular flexibility index (Phi) is 6.86. The fraction of sp³-hybridized carbons (Fsp3) is 0.750. The summed E-state index contributed by atoms with van der Waals surface area (Å²) in [4.78, 5) is 25.3. The fourth-order valence-electron chi connectivity index (χ4n) is 3.82. The lowest BCUT2D eigenvalue weighted by Crippen LogP contribution is -2.41. The normalized spacial score (nSPS) is 19.7. The van der Waals surface area contributed by atoms with Gasteiger partial charge in [0.05, 0.1) is 30.4 Å². The summed E-state index contributed by atoms with van der Waals surface area (Å²) in [6.45, 7) is 8.28. The molecule has 0 N–H and O–H groups in total. The van der Waals surface area contributed by atoms with Gasteiger partial charge in [-0.1, -0.05) is 0 Å². The van der Waals surface area contributed by atoms with Crippen LogP contribution in [0.15, 0.2) is 12.4 Å². The van der Waals surface area contributed by atoms with E-state index in [0.29, 0.717) is 39.0 Å². The standard InChI is InChI=1S/C20H32N4O5S/c1-20(2,3)28-19(25)24-9-5-15(6-10-24)17-13-22-18(14-21-17)23-11-7-16(8-12-23)29-30(4,26)27/h13-16H,5-12H2,1-4H3. The molecule has 2 aliphatic rings. The predicted molar refractivity (Wildman–Crippen MR) is 113 cm³/mol. The number of likely N-dealkylation sites (tertiary alicyclic amines) is 1. The van der Waals surface area contributed by atoms with Crippen molar-refractivity contribution in [3.63, 3.8) is 0 Å². The number of amides is 1. The first-order valence-electron chi connectivity index (χ1n) is 10.4. The van der Waals surface area contributed by atoms with Crippen molar-refractivity contribution >= 4 is 22.0 Å². The number of hydrogen-bond acceptors (Lipinski definition) is 8. The highest BCUT2D eigenvalue weighted by Gasteiger charge is 2.29. The third-order valence-corrected chi connectivity index (χ3v) is 5.92. The first-order valence-corrected chi connectivity index (χ1v) is 12.2. The second kappa shape index (κ2) is 9.05. The summed E-state index contributed by atoms with van der Waals surface area (Å²) in [5, 5.41) is 0. The van der Waals surface area contributed by atoms with E-state index >= 15 is 0 Å². The molecule has 1 aromatic rings. The maximum atomic E-state index is 12.2. The molecule has 0 saturated carbocycles. The summed E-state index contributed by atoms with van der Waals surface area (Å²) in [6, 6.07) is 0. The monoisotopic (exact) mass is 440 g/mol. The Hall–Kier alpha value is -1.94. The predicted octanol–water partition coefficient (Wildman–Crippen LogP) is 2.54. The van der Waals surface area contributed by atoms with Gasteiger partial charge < -0.3 is 14.5 Å². The van der Waals surface area contributed by atoms with Crippen LogP contribution < -0.4 is 4.90 Å². The molecule has 3 rings (SSSR count). The van der Waals surface area contributed by atoms with Crippen molar-refractivity contribution in [2.24, 2.45) is 0 Å². The molecule has 0 radical (unpaired) electrons. The molecule has 168 valence electrons. The van der Waals surface area contributed by atoms with Gasteiger partial charge in [-0.3, -0.25) is 9.17 Å². The number of carbonyl (C=O) groups excluding carboxylic acids is 1. The third kappa shape index (κ3) is 6.53. The van der Waals surface area contributed by atoms with E-state index in [4.69, 9.17) is 8.92 Å². The number of nitrogens with zero attached hydrogens (tertiary/aromatic N) is 4. The number of piperidine rings is 2. The van der Waals surface area contributed by atoms with E-state index < -0.39 is 15.7 Å². The van der Waals surface area contributed by atoms with Crippen LogP contribution in [-0.4, -0.2) is 73.5 Å². The van der Waals surface area contributed by atoms with Crippen molar-refractivity contribution in [2.75, 3.05) is 37.3 Å². The van der Waals surface area contributed by atoms with Gasteiger partial charge in [0.1, 0.15) is 11.4 Å². The quantitative estimate of drug-likeness (QED) is 0.658. The van der Waals surface area contributed by atoms with Crippen molar-refractivity contribution in [3.05, 3.63) is 18.1 Å². The molecule has 2 fully saturated rings. The minimum atomic E-state index is -3.42. The van der Waals surface area contributed by atoms with Crippen LogP contribution in [-0.2, 0) is 19.0 Å². The molecule has 0 unspecified atom stereocenters. The number of rotatable bonds is 4. The van der Waals surface area contributed by atoms with E-state index in [0.717, 1.165) is 30.6 Å². The maximum Gasteiger partial charge on any atom is 0.410 e. The summed E-state index contributed by atoms with van der Waals surface area (Å²) in [6.07, 6.45) is 7.11. The van der Waals surface area contributed by atoms with E-state index in [1.807, 2.05) is 27.0 Å². The van der Waals surface area contributed by atoms with Gasteiger partial charge in [0, 0.05) is 32.1 Å². The average Bonchev–Trinajstić information content (AvgIpc) is 2.66. The van der Waals surface area contributed by atoms with E-state index in [9.17, 15) is 13.2 Å². The molecule has 0 aliphatic carbocycles. The molecule has 2 aliphatic heterocycles. The van der Waals surface area contributed by atoms with Crippen LogP contribution in [0.25, 0.3) is 0 Å². The number of hydrogen-bond donors (Lipinski definition) is 0. The molecule has 0 aromatic carbocycles. The highest BCUT2D eigenvalue weighted by molar-refractivity contribution is 7.86. The molecule has 1 aromatic heterocycles. The highest BCUT2D eigenvalue weighted by atomic mass is 32.2. The molecular weight excluding hydrogens is 408 g/mol. The smallest absolute Gasteiger partial charge is 0.410 e. The van der Waals surface area contributed by atoms with Crippen molar-refractivity contribution in [2.45, 2.75) is 64.1 Å². The number of ether oxygens (including phenoxy) is 1. The van der Waals surface area contributed by atoms with Crippen molar-refractivity contribution in [3.8, 4) is 0 Å². The van der Waals surface area contributed by atoms with Crippen LogP contribution in [0.5, 0.6) is 0 Å². The number of carbonyl (C=O) groups is 1. The zero-order valence-electron chi connectivity index (χ0n) is 18.2. The van der Waals surface area contributed by atoms with Crippen molar-refractivity contribution in [1.29, 1.82) is 0 Å². The molecule has 10 heteroatoms. The zero-order valence-corrected chi connectivity index (χ0v) is 19.0. The van der Waals surface area contributed by atoms with Crippen LogP contribution >= 0.6 is 0 Å². The van der Waals surface area contributed by atoms with Crippen LogP contribution in [0.4, 0.5) is 10.6 Å². The van der Waals surface area contributed by atoms with Crippen LogP contribution in [0.3, 0.4) is 0 Å². The Bertz CT molecular complexity index is 822. The Balaban J connectivity index is 1.49. The molecule has 2 saturated heterocycles. The molecule has 0 atom stereocenters. The lowest BCUT2D eigenvalue weighted by Gasteiger charge is -2.33. The second-order valence-corrected chi connectivity index (χ2v) is 10.6. The SMILES string of the molecule is CC(C)(C)OC(=O)N1CCC(c2cnc(N3CCC(OS(C)(=O)=O)CC3)cn2)CC1. The molecular formula is C20H32N4O5S. The first-order chi connectivity index (χ1) is 14.0. The van der Waals surface area contributed by atoms with Gasteiger partial charge in [-0.15, -0.1) is 0 Å². The Morgan fingerprint density at radius 1 is 1.03 bits per heavy atom. The summed E-state index contributed by atoms with van der Waals surface area (Å²) >= 11 is 0. The van der Waals surface area contributed by atoms with Crippen LogP contribution in [0.2, 0.25) is 0 Å². The van der Waals surface area contributed by atoms with E-state index in [2.05, 4.69) is 14.9 Å². The molecule has 9 nitrogen and oxygen atoms in total. The van der Waals surface area contributed by atoms with E-state index in [1.165, 1.54) is 0 Å². The number of aromatic nitrogens is 2. The number of anilines is 1. The minimum absolute atomic E-state index is 0.259. The van der Waals surface area contributed by atoms with Gasteiger partial charge in [-0.2, -0.15) is 8.42 Å². The Morgan fingerprint density at radius 2 is 1.67 bits per heavy atom. The Labute approximate surface area is 178 Å². The van der Waals surface area contributed by atoms with Gasteiger partial charge in [0.25, 0.3) is 10.1 Å². The van der Waals surface area contributed by atoms with E-state index in [-0.39, 0.29) is 18.1 Å². The lowest BCUT2D eigenvalue weighted by molar-refractivity contribution is 0.0204. The van der Waals surface area contributed by atoms with Crippen LogP contribution in [0.1, 0.15) is 58.1 Å². The molecule has 30 heavy (non-hydrogen) atoms. The summed E-state index contributed by atoms with van der Waals surface area (Å²) < 4.78 is 33.1. The Morgan fingerprint density at radius 3 is 2.17 bits per heavy atom. The first kappa shape index (κ1) is 22.7. The van der Waals surface area contributed by atoms with Gasteiger partial charge in [0.2, 0.25) is 0 Å². The molecule has 1 amide bonds. The van der Waals surface area contributed by atoms with Crippen molar-refractivity contribution in [1.82, 2.24) is 14.9 Å². The summed E-state index contributed by atoms with van der Waals surface area (Å²) in [5.41, 5.74) is 0.457. The van der Waals surface area contributed by atoms with E-state index in [1.54, 1.807) is 11.1 Å². The van der Waals surface area contributed by atoms with Crippen molar-refractivity contribution < 1.29 is 22.1 Å². The second-order valence-electron chi connectivity index (χ2n) is 9.03. The molecule has 0 spiro atoms.